The molecule has 182 valence electrons. The van der Waals surface area contributed by atoms with E-state index in [4.69, 9.17) is 9.47 Å². The van der Waals surface area contributed by atoms with E-state index in [-0.39, 0.29) is 17.9 Å². The number of barbiturate groups is 1. The molecule has 0 aromatic heterocycles. The van der Waals surface area contributed by atoms with Crippen LogP contribution in [0.4, 0.5) is 16.2 Å². The molecule has 0 unspecified atom stereocenters. The van der Waals surface area contributed by atoms with Crippen molar-refractivity contribution in [2.45, 2.75) is 52.5 Å². The summed E-state index contributed by atoms with van der Waals surface area (Å²) in [5.74, 6) is -0.0947. The molecule has 1 atom stereocenters. The molecule has 3 aliphatic rings. The van der Waals surface area contributed by atoms with Gasteiger partial charge in [0.05, 0.1) is 5.69 Å². The predicted molar refractivity (Wildman–Crippen MR) is 133 cm³/mol. The molecule has 8 heteroatoms. The van der Waals surface area contributed by atoms with Gasteiger partial charge in [-0.3, -0.25) is 14.9 Å². The number of anilines is 2. The maximum absolute atomic E-state index is 13.4. The third kappa shape index (κ3) is 3.73. The standard InChI is InChI=1S/C27H29N3O5/c1-6-29-21-9-15(2)17(10-19(21)16(3)13-27(29,4)5)11-20-24(31)28-26(33)30(25(20)32)18-7-8-22-23(12-18)35-14-34-22/h7-12,16H,6,13-14H2,1-5H3,(H,28,31,33)/b20-11+/t16-/m1/s1. The van der Waals surface area contributed by atoms with Crippen LogP contribution in [0.2, 0.25) is 0 Å². The summed E-state index contributed by atoms with van der Waals surface area (Å²) in [4.78, 5) is 42.1. The van der Waals surface area contributed by atoms with E-state index in [1.807, 2.05) is 6.92 Å². The lowest BCUT2D eigenvalue weighted by Crippen LogP contribution is -2.54. The normalized spacial score (nSPS) is 21.9. The monoisotopic (exact) mass is 475 g/mol. The molecule has 0 radical (unpaired) electrons. The molecule has 35 heavy (non-hydrogen) atoms. The summed E-state index contributed by atoms with van der Waals surface area (Å²) < 4.78 is 10.7. The van der Waals surface area contributed by atoms with Gasteiger partial charge in [0.15, 0.2) is 11.5 Å². The Balaban J connectivity index is 1.55. The van der Waals surface area contributed by atoms with Crippen LogP contribution in [0.15, 0.2) is 35.9 Å². The molecule has 2 aromatic rings. The van der Waals surface area contributed by atoms with Crippen molar-refractivity contribution in [1.82, 2.24) is 5.32 Å². The zero-order chi connectivity index (χ0) is 25.1. The number of nitrogens with one attached hydrogen (secondary N) is 1. The van der Waals surface area contributed by atoms with Gasteiger partial charge < -0.3 is 14.4 Å². The summed E-state index contributed by atoms with van der Waals surface area (Å²) in [6.45, 7) is 11.8. The van der Waals surface area contributed by atoms with Crippen LogP contribution in [0.5, 0.6) is 11.5 Å². The zero-order valence-electron chi connectivity index (χ0n) is 20.6. The Morgan fingerprint density at radius 1 is 1.11 bits per heavy atom. The molecule has 0 bridgehead atoms. The number of fused-ring (bicyclic) bond motifs is 2. The fourth-order valence-electron chi connectivity index (χ4n) is 5.48. The van der Waals surface area contributed by atoms with E-state index in [2.05, 4.69) is 50.0 Å². The minimum absolute atomic E-state index is 0.0400. The molecule has 4 amide bonds. The fourth-order valence-corrected chi connectivity index (χ4v) is 5.48. The number of benzene rings is 2. The van der Waals surface area contributed by atoms with Crippen LogP contribution in [0.25, 0.3) is 6.08 Å². The third-order valence-corrected chi connectivity index (χ3v) is 7.11. The number of hydrogen-bond acceptors (Lipinski definition) is 6. The van der Waals surface area contributed by atoms with E-state index in [9.17, 15) is 14.4 Å². The Morgan fingerprint density at radius 3 is 2.60 bits per heavy atom. The van der Waals surface area contributed by atoms with Gasteiger partial charge >= 0.3 is 6.03 Å². The Bertz CT molecular complexity index is 1300. The van der Waals surface area contributed by atoms with Gasteiger partial charge in [0, 0.05) is 23.8 Å². The predicted octanol–water partition coefficient (Wildman–Crippen LogP) is 4.50. The zero-order valence-corrected chi connectivity index (χ0v) is 20.6. The Morgan fingerprint density at radius 2 is 1.86 bits per heavy atom. The maximum atomic E-state index is 13.4. The number of imide groups is 2. The van der Waals surface area contributed by atoms with Gasteiger partial charge in [0.1, 0.15) is 5.57 Å². The first kappa shape index (κ1) is 23.0. The summed E-state index contributed by atoms with van der Waals surface area (Å²) in [6.07, 6.45) is 2.58. The van der Waals surface area contributed by atoms with Crippen LogP contribution >= 0.6 is 0 Å². The number of nitrogens with zero attached hydrogens (tertiary/aromatic N) is 2. The van der Waals surface area contributed by atoms with Crippen molar-refractivity contribution in [3.63, 3.8) is 0 Å². The van der Waals surface area contributed by atoms with E-state index < -0.39 is 17.8 Å². The largest absolute Gasteiger partial charge is 0.454 e. The lowest BCUT2D eigenvalue weighted by molar-refractivity contribution is -0.122. The molecule has 5 rings (SSSR count). The highest BCUT2D eigenvalue weighted by Crippen LogP contribution is 2.44. The van der Waals surface area contributed by atoms with E-state index >= 15 is 0 Å². The van der Waals surface area contributed by atoms with Crippen molar-refractivity contribution in [3.8, 4) is 11.5 Å². The van der Waals surface area contributed by atoms with E-state index in [1.54, 1.807) is 24.3 Å². The number of carbonyl (C=O) groups excluding carboxylic acids is 3. The summed E-state index contributed by atoms with van der Waals surface area (Å²) in [5, 5.41) is 2.29. The molecular formula is C27H29N3O5. The number of aryl methyl sites for hydroxylation is 1. The molecule has 3 aliphatic heterocycles. The van der Waals surface area contributed by atoms with Crippen molar-refractivity contribution in [3.05, 3.63) is 52.6 Å². The average molecular weight is 476 g/mol. The fraction of sp³-hybridized carbons (Fsp3) is 0.370. The van der Waals surface area contributed by atoms with Crippen molar-refractivity contribution >= 4 is 35.3 Å². The van der Waals surface area contributed by atoms with Gasteiger partial charge in [0.2, 0.25) is 6.79 Å². The topological polar surface area (TPSA) is 88.2 Å². The van der Waals surface area contributed by atoms with Gasteiger partial charge in [-0.2, -0.15) is 0 Å². The second-order valence-electron chi connectivity index (χ2n) is 9.92. The van der Waals surface area contributed by atoms with Crippen LogP contribution in [0.1, 0.15) is 56.7 Å². The van der Waals surface area contributed by atoms with Crippen LogP contribution in [-0.2, 0) is 9.59 Å². The van der Waals surface area contributed by atoms with Crippen LogP contribution < -0.4 is 24.6 Å². The first-order valence-corrected chi connectivity index (χ1v) is 11.8. The first-order valence-electron chi connectivity index (χ1n) is 11.8. The summed E-state index contributed by atoms with van der Waals surface area (Å²) in [6, 6.07) is 8.18. The number of rotatable bonds is 3. The maximum Gasteiger partial charge on any atom is 0.335 e. The molecule has 0 spiro atoms. The summed E-state index contributed by atoms with van der Waals surface area (Å²) >= 11 is 0. The van der Waals surface area contributed by atoms with Crippen molar-refractivity contribution in [2.75, 3.05) is 23.1 Å². The van der Waals surface area contributed by atoms with Gasteiger partial charge in [-0.15, -0.1) is 0 Å². The van der Waals surface area contributed by atoms with Crippen molar-refractivity contribution < 1.29 is 23.9 Å². The van der Waals surface area contributed by atoms with E-state index in [0.717, 1.165) is 29.0 Å². The smallest absolute Gasteiger partial charge is 0.335 e. The molecule has 1 fully saturated rings. The van der Waals surface area contributed by atoms with Gasteiger partial charge in [0.25, 0.3) is 11.8 Å². The Kier molecular flexibility index (Phi) is 5.34. The van der Waals surface area contributed by atoms with Crippen molar-refractivity contribution in [1.29, 1.82) is 0 Å². The molecule has 0 saturated carbocycles. The highest BCUT2D eigenvalue weighted by atomic mass is 16.7. The van der Waals surface area contributed by atoms with Crippen LogP contribution in [0.3, 0.4) is 0 Å². The molecule has 1 saturated heterocycles. The number of amides is 4. The quantitative estimate of drug-likeness (QED) is 0.519. The molecular weight excluding hydrogens is 446 g/mol. The Hall–Kier alpha value is -3.81. The van der Waals surface area contributed by atoms with Crippen molar-refractivity contribution in [2.24, 2.45) is 0 Å². The summed E-state index contributed by atoms with van der Waals surface area (Å²) in [5.41, 5.74) is 4.35. The highest BCUT2D eigenvalue weighted by molar-refractivity contribution is 6.39. The van der Waals surface area contributed by atoms with E-state index in [0.29, 0.717) is 23.1 Å². The Labute approximate surface area is 204 Å². The average Bonchev–Trinajstić information content (AvgIpc) is 3.25. The minimum atomic E-state index is -0.799. The second-order valence-corrected chi connectivity index (χ2v) is 9.92. The van der Waals surface area contributed by atoms with Gasteiger partial charge in [-0.25, -0.2) is 9.69 Å². The number of carbonyl (C=O) groups is 3. The van der Waals surface area contributed by atoms with Crippen LogP contribution in [0, 0.1) is 6.92 Å². The highest BCUT2D eigenvalue weighted by Gasteiger charge is 2.39. The molecule has 3 heterocycles. The molecule has 8 nitrogen and oxygen atoms in total. The van der Waals surface area contributed by atoms with Crippen LogP contribution in [-0.4, -0.2) is 36.7 Å². The molecule has 1 N–H and O–H groups in total. The minimum Gasteiger partial charge on any atom is -0.454 e. The SMILES string of the molecule is CCN1c2cc(C)c(/C=C3\C(=O)NC(=O)N(c4ccc5c(c4)OCO5)C3=O)cc2[C@H](C)CC1(C)C. The van der Waals surface area contributed by atoms with Gasteiger partial charge in [-0.1, -0.05) is 6.92 Å². The van der Waals surface area contributed by atoms with Gasteiger partial charge in [-0.05, 0) is 87.1 Å². The lowest BCUT2D eigenvalue weighted by Gasteiger charge is -2.47. The third-order valence-electron chi connectivity index (χ3n) is 7.11. The lowest BCUT2D eigenvalue weighted by atomic mass is 9.79. The molecule has 2 aromatic carbocycles. The second kappa shape index (κ2) is 8.15. The summed E-state index contributed by atoms with van der Waals surface area (Å²) in [7, 11) is 0. The number of ether oxygens (including phenoxy) is 2. The number of urea groups is 1. The number of hydrogen-bond donors (Lipinski definition) is 1. The molecule has 0 aliphatic carbocycles. The first-order chi connectivity index (χ1) is 16.6. The van der Waals surface area contributed by atoms with E-state index in [1.165, 1.54) is 11.3 Å².